The number of carboxylic acids is 1. The van der Waals surface area contributed by atoms with E-state index in [4.69, 9.17) is 4.74 Å². The zero-order chi connectivity index (χ0) is 37.1. The summed E-state index contributed by atoms with van der Waals surface area (Å²) in [4.78, 5) is 26.4. The molecule has 0 aliphatic rings. The van der Waals surface area contributed by atoms with Crippen LogP contribution in [0.3, 0.4) is 0 Å². The minimum absolute atomic E-state index is 0.0924. The van der Waals surface area contributed by atoms with Gasteiger partial charge in [-0.25, -0.2) is 13.2 Å². The number of hydrogen-bond donors (Lipinski definition) is 4. The van der Waals surface area contributed by atoms with Gasteiger partial charge in [0.05, 0.1) is 11.9 Å². The molecule has 0 saturated heterocycles. The normalized spacial score (nSPS) is 11.7. The lowest BCUT2D eigenvalue weighted by Gasteiger charge is -2.28. The second-order valence-electron chi connectivity index (χ2n) is 12.7. The van der Waals surface area contributed by atoms with Crippen LogP contribution < -0.4 is 19.7 Å². The number of aliphatic carboxylic acids is 1. The Kier molecular flexibility index (Phi) is 12.5. The highest BCUT2D eigenvalue weighted by Crippen LogP contribution is 2.31. The number of phenolic OH excluding ortho intramolecular Hbond substituents is 1. The zero-order valence-corrected chi connectivity index (χ0v) is 30.0. The molecule has 5 rings (SSSR count). The molecule has 5 aromatic carbocycles. The number of carbonyl (C=O) groups is 2. The van der Waals surface area contributed by atoms with Crippen molar-refractivity contribution < 1.29 is 33.0 Å². The number of nitrogens with one attached hydrogen (secondary N) is 2. The number of phenols is 1. The third-order valence-corrected chi connectivity index (χ3v) is 9.08. The molecular formula is C41H43N3O7S. The lowest BCUT2D eigenvalue weighted by Crippen LogP contribution is -2.42. The highest BCUT2D eigenvalue weighted by atomic mass is 32.2. The van der Waals surface area contributed by atoms with Gasteiger partial charge in [-0.05, 0) is 96.1 Å². The average Bonchev–Trinajstić information content (AvgIpc) is 3.11. The molecule has 0 saturated carbocycles. The third-order valence-electron chi connectivity index (χ3n) is 8.49. The number of hydrogen-bond acceptors (Lipinski definition) is 7. The molecular weight excluding hydrogens is 679 g/mol. The fourth-order valence-electron chi connectivity index (χ4n) is 5.84. The summed E-state index contributed by atoms with van der Waals surface area (Å²) in [5.41, 5.74) is 6.22. The predicted octanol–water partition coefficient (Wildman–Crippen LogP) is 7.21. The lowest BCUT2D eigenvalue weighted by atomic mass is 10.0. The van der Waals surface area contributed by atoms with E-state index in [2.05, 4.69) is 27.1 Å². The highest BCUT2D eigenvalue weighted by molar-refractivity contribution is 7.92. The van der Waals surface area contributed by atoms with E-state index in [1.807, 2.05) is 85.8 Å². The first kappa shape index (κ1) is 37.4. The van der Waals surface area contributed by atoms with Crippen LogP contribution in [0.5, 0.6) is 17.2 Å². The fourth-order valence-corrected chi connectivity index (χ4v) is 6.46. The lowest BCUT2D eigenvalue weighted by molar-refractivity contribution is -0.141. The number of nitrogens with zero attached hydrogens (tertiary/aromatic N) is 1. The molecule has 0 heterocycles. The van der Waals surface area contributed by atoms with Crippen molar-refractivity contribution in [3.8, 4) is 17.2 Å². The number of ether oxygens (including phenoxy) is 1. The zero-order valence-electron chi connectivity index (χ0n) is 29.2. The molecule has 0 unspecified atom stereocenters. The van der Waals surface area contributed by atoms with Crippen LogP contribution in [-0.4, -0.2) is 42.8 Å². The molecule has 4 N–H and O–H groups in total. The summed E-state index contributed by atoms with van der Waals surface area (Å²) in [7, 11) is -3.43. The highest BCUT2D eigenvalue weighted by Gasteiger charge is 2.20. The molecule has 270 valence electrons. The Labute approximate surface area is 304 Å². The van der Waals surface area contributed by atoms with Crippen molar-refractivity contribution in [1.82, 2.24) is 5.32 Å². The van der Waals surface area contributed by atoms with Crippen LogP contribution in [0.25, 0.3) is 0 Å². The molecule has 0 fully saturated rings. The molecule has 0 radical (unpaired) electrons. The van der Waals surface area contributed by atoms with E-state index in [0.717, 1.165) is 34.2 Å². The van der Waals surface area contributed by atoms with E-state index in [-0.39, 0.29) is 24.5 Å². The summed E-state index contributed by atoms with van der Waals surface area (Å²) in [5, 5.41) is 21.6. The topological polar surface area (TPSA) is 145 Å². The van der Waals surface area contributed by atoms with Crippen LogP contribution in [0.15, 0.2) is 121 Å². The van der Waals surface area contributed by atoms with E-state index >= 15 is 0 Å². The number of sulfonamides is 1. The number of rotatable bonds is 17. The second kappa shape index (κ2) is 17.4. The molecule has 52 heavy (non-hydrogen) atoms. The van der Waals surface area contributed by atoms with E-state index in [1.54, 1.807) is 18.2 Å². The molecule has 0 bridgehead atoms. The van der Waals surface area contributed by atoms with Gasteiger partial charge in [-0.3, -0.25) is 9.52 Å². The standard InChI is InChI=1S/C41H43N3O7S/c1-29-37(43-52(2,49)50)11-7-12-39(29)44(27-32-8-4-3-5-9-32)28-33-18-24-36(25-19-33)51-35-22-16-30(17-23-35)10-6-13-40(46)42-38(41(47)48)26-31-14-20-34(45)21-15-31/h3-5,7-9,11-12,14-25,38,43,45H,6,10,13,26-28H2,1-2H3,(H,42,46)(H,47,48)/t38-/m0/s1. The van der Waals surface area contributed by atoms with Crippen LogP contribution in [0, 0.1) is 6.92 Å². The number of anilines is 2. The van der Waals surface area contributed by atoms with Gasteiger partial charge in [0, 0.05) is 31.6 Å². The smallest absolute Gasteiger partial charge is 0.326 e. The van der Waals surface area contributed by atoms with Crippen molar-refractivity contribution in [3.63, 3.8) is 0 Å². The Morgan fingerprint density at radius 3 is 1.92 bits per heavy atom. The number of aromatic hydroxyl groups is 1. The average molecular weight is 722 g/mol. The van der Waals surface area contributed by atoms with Crippen LogP contribution in [0.2, 0.25) is 0 Å². The van der Waals surface area contributed by atoms with Crippen molar-refractivity contribution in [1.29, 1.82) is 0 Å². The Hall–Kier alpha value is -5.81. The summed E-state index contributed by atoms with van der Waals surface area (Å²) in [5.74, 6) is 0.00177. The molecule has 1 atom stereocenters. The van der Waals surface area contributed by atoms with Crippen molar-refractivity contribution in [2.24, 2.45) is 0 Å². The summed E-state index contributed by atoms with van der Waals surface area (Å²) in [6, 6.07) is 36.4. The number of benzene rings is 5. The van der Waals surface area contributed by atoms with Gasteiger partial charge in [0.1, 0.15) is 23.3 Å². The van der Waals surface area contributed by atoms with Gasteiger partial charge in [0.2, 0.25) is 15.9 Å². The number of carbonyl (C=O) groups excluding carboxylic acids is 1. The number of carboxylic acid groups (broad SMARTS) is 1. The maximum atomic E-state index is 12.5. The van der Waals surface area contributed by atoms with Crippen LogP contribution in [0.1, 0.15) is 40.7 Å². The van der Waals surface area contributed by atoms with Crippen LogP contribution >= 0.6 is 0 Å². The monoisotopic (exact) mass is 721 g/mol. The summed E-state index contributed by atoms with van der Waals surface area (Å²) in [6.07, 6.45) is 2.66. The molecule has 0 aromatic heterocycles. The predicted molar refractivity (Wildman–Crippen MR) is 203 cm³/mol. The van der Waals surface area contributed by atoms with Gasteiger partial charge < -0.3 is 25.2 Å². The second-order valence-corrected chi connectivity index (χ2v) is 14.5. The van der Waals surface area contributed by atoms with E-state index < -0.39 is 22.0 Å². The van der Waals surface area contributed by atoms with E-state index in [1.165, 1.54) is 12.1 Å². The third kappa shape index (κ3) is 11.4. The summed E-state index contributed by atoms with van der Waals surface area (Å²) < 4.78 is 32.7. The molecule has 5 aromatic rings. The van der Waals surface area contributed by atoms with Crippen molar-refractivity contribution in [3.05, 3.63) is 149 Å². The first-order valence-corrected chi connectivity index (χ1v) is 18.8. The fraction of sp³-hybridized carbons (Fsp3) is 0.220. The van der Waals surface area contributed by atoms with Crippen molar-refractivity contribution in [2.45, 2.75) is 51.7 Å². The van der Waals surface area contributed by atoms with Gasteiger partial charge in [-0.1, -0.05) is 72.8 Å². The van der Waals surface area contributed by atoms with Gasteiger partial charge in [-0.2, -0.15) is 0 Å². The molecule has 0 spiro atoms. The minimum Gasteiger partial charge on any atom is -0.508 e. The number of aryl methyl sites for hydroxylation is 1. The SMILES string of the molecule is Cc1c(NS(C)(=O)=O)cccc1N(Cc1ccccc1)Cc1ccc(Oc2ccc(CCCC(=O)N[C@@H](Cc3ccc(O)cc3)C(=O)O)cc2)cc1. The van der Waals surface area contributed by atoms with Gasteiger partial charge in [-0.15, -0.1) is 0 Å². The Morgan fingerprint density at radius 2 is 1.33 bits per heavy atom. The Morgan fingerprint density at radius 1 is 0.750 bits per heavy atom. The Bertz CT molecular complexity index is 2050. The summed E-state index contributed by atoms with van der Waals surface area (Å²) in [6.45, 7) is 3.13. The van der Waals surface area contributed by atoms with Crippen molar-refractivity contribution >= 4 is 33.3 Å². The maximum absolute atomic E-state index is 12.5. The first-order valence-electron chi connectivity index (χ1n) is 16.9. The van der Waals surface area contributed by atoms with Crippen molar-refractivity contribution in [2.75, 3.05) is 15.9 Å². The molecule has 0 aliphatic carbocycles. The minimum atomic E-state index is -3.43. The molecule has 11 heteroatoms. The maximum Gasteiger partial charge on any atom is 0.326 e. The van der Waals surface area contributed by atoms with E-state index in [0.29, 0.717) is 48.7 Å². The van der Waals surface area contributed by atoms with Gasteiger partial charge in [0.15, 0.2) is 0 Å². The Balaban J connectivity index is 1.15. The van der Waals surface area contributed by atoms with Gasteiger partial charge >= 0.3 is 5.97 Å². The van der Waals surface area contributed by atoms with Crippen LogP contribution in [-0.2, 0) is 45.5 Å². The quantitative estimate of drug-likeness (QED) is 0.0789. The first-order chi connectivity index (χ1) is 24.9. The molecule has 1 amide bonds. The van der Waals surface area contributed by atoms with E-state index in [9.17, 15) is 28.2 Å². The van der Waals surface area contributed by atoms with Gasteiger partial charge in [0.25, 0.3) is 0 Å². The largest absolute Gasteiger partial charge is 0.508 e. The molecule has 10 nitrogen and oxygen atoms in total. The number of amides is 1. The van der Waals surface area contributed by atoms with Crippen LogP contribution in [0.4, 0.5) is 11.4 Å². The molecule has 0 aliphatic heterocycles. The summed E-state index contributed by atoms with van der Waals surface area (Å²) >= 11 is 0.